The van der Waals surface area contributed by atoms with Crippen LogP contribution in [0, 0.1) is 0 Å². The van der Waals surface area contributed by atoms with Gasteiger partial charge in [-0.15, -0.1) is 0 Å². The van der Waals surface area contributed by atoms with E-state index in [4.69, 9.17) is 4.74 Å². The number of H-pyrrole nitrogens is 1. The number of hydrogen-bond acceptors (Lipinski definition) is 6. The average molecular weight is 359 g/mol. The number of nitrogens with zero attached hydrogens (tertiary/aromatic N) is 1. The van der Waals surface area contributed by atoms with Gasteiger partial charge in [-0.05, 0) is 24.1 Å². The van der Waals surface area contributed by atoms with E-state index in [-0.39, 0.29) is 24.6 Å². The Hall–Kier alpha value is -3.16. The summed E-state index contributed by atoms with van der Waals surface area (Å²) in [5.41, 5.74) is 0.558. The highest BCUT2D eigenvalue weighted by atomic mass is 16.5. The van der Waals surface area contributed by atoms with E-state index in [1.165, 1.54) is 7.11 Å². The summed E-state index contributed by atoms with van der Waals surface area (Å²) < 4.78 is 9.63. The lowest BCUT2D eigenvalue weighted by Crippen LogP contribution is -2.28. The highest BCUT2D eigenvalue weighted by Gasteiger charge is 2.11. The van der Waals surface area contributed by atoms with E-state index >= 15 is 0 Å². The molecule has 2 N–H and O–H groups in total. The van der Waals surface area contributed by atoms with Crippen molar-refractivity contribution in [1.82, 2.24) is 15.3 Å². The van der Waals surface area contributed by atoms with Crippen molar-refractivity contribution in [3.8, 4) is 5.75 Å². The summed E-state index contributed by atoms with van der Waals surface area (Å²) >= 11 is 0. The van der Waals surface area contributed by atoms with Crippen molar-refractivity contribution in [2.24, 2.45) is 0 Å². The molecule has 8 nitrogen and oxygen atoms in total. The molecule has 0 bridgehead atoms. The van der Waals surface area contributed by atoms with Crippen LogP contribution in [0.3, 0.4) is 0 Å². The molecule has 1 aromatic heterocycles. The van der Waals surface area contributed by atoms with Crippen LogP contribution in [0.25, 0.3) is 0 Å². The first-order chi connectivity index (χ1) is 12.5. The molecular weight excluding hydrogens is 338 g/mol. The summed E-state index contributed by atoms with van der Waals surface area (Å²) in [4.78, 5) is 41.8. The molecule has 2 aromatic rings. The lowest BCUT2D eigenvalue weighted by molar-refractivity contribution is -0.140. The first kappa shape index (κ1) is 19.2. The van der Waals surface area contributed by atoms with Crippen molar-refractivity contribution < 1.29 is 19.1 Å². The molecule has 0 spiro atoms. The average Bonchev–Trinajstić information content (AvgIpc) is 2.65. The lowest BCUT2D eigenvalue weighted by Gasteiger charge is -2.07. The normalized spacial score (nSPS) is 10.2. The van der Waals surface area contributed by atoms with Crippen LogP contribution >= 0.6 is 0 Å². The molecule has 0 aliphatic rings. The Morgan fingerprint density at radius 1 is 1.19 bits per heavy atom. The number of esters is 1. The molecule has 0 fully saturated rings. The van der Waals surface area contributed by atoms with Gasteiger partial charge in [0.15, 0.2) is 0 Å². The minimum Gasteiger partial charge on any atom is -0.497 e. The Labute approximate surface area is 150 Å². The number of benzene rings is 1. The van der Waals surface area contributed by atoms with E-state index in [9.17, 15) is 14.4 Å². The van der Waals surface area contributed by atoms with Crippen LogP contribution in [0.1, 0.15) is 34.7 Å². The van der Waals surface area contributed by atoms with Gasteiger partial charge in [0.2, 0.25) is 0 Å². The predicted molar refractivity (Wildman–Crippen MR) is 94.2 cm³/mol. The van der Waals surface area contributed by atoms with Crippen molar-refractivity contribution in [1.29, 1.82) is 0 Å². The van der Waals surface area contributed by atoms with E-state index in [2.05, 4.69) is 20.0 Å². The van der Waals surface area contributed by atoms with Crippen LogP contribution in [-0.4, -0.2) is 42.6 Å². The number of carbonyl (C=O) groups is 2. The number of carbonyl (C=O) groups excluding carboxylic acids is 2. The molecule has 0 aliphatic heterocycles. The van der Waals surface area contributed by atoms with E-state index < -0.39 is 11.5 Å². The Balaban J connectivity index is 2.00. The molecule has 2 rings (SSSR count). The molecule has 0 unspecified atom stereocenters. The molecule has 0 aliphatic carbocycles. The third-order valence-electron chi connectivity index (χ3n) is 3.62. The summed E-state index contributed by atoms with van der Waals surface area (Å²) in [6.07, 6.45) is 1.03. The number of amides is 1. The van der Waals surface area contributed by atoms with Gasteiger partial charge in [0.1, 0.15) is 17.3 Å². The standard InChI is InChI=1S/C18H21N3O5/c1-25-13-7-5-12(6-8-13)10-15-20-14(11-16(22)21-15)18(24)19-9-3-4-17(23)26-2/h5-8,11H,3-4,9-10H2,1-2H3,(H,19,24)(H,20,21,22). The maximum Gasteiger partial charge on any atom is 0.305 e. The van der Waals surface area contributed by atoms with Gasteiger partial charge in [0, 0.05) is 25.5 Å². The van der Waals surface area contributed by atoms with Gasteiger partial charge in [-0.1, -0.05) is 12.1 Å². The van der Waals surface area contributed by atoms with Gasteiger partial charge < -0.3 is 19.8 Å². The monoisotopic (exact) mass is 359 g/mol. The van der Waals surface area contributed by atoms with Crippen LogP contribution in [0.5, 0.6) is 5.75 Å². The number of aromatic amines is 1. The molecule has 26 heavy (non-hydrogen) atoms. The van der Waals surface area contributed by atoms with Crippen molar-refractivity contribution in [2.75, 3.05) is 20.8 Å². The Morgan fingerprint density at radius 2 is 1.92 bits per heavy atom. The second-order valence-electron chi connectivity index (χ2n) is 5.54. The Morgan fingerprint density at radius 3 is 2.58 bits per heavy atom. The summed E-state index contributed by atoms with van der Waals surface area (Å²) in [6.45, 7) is 0.288. The molecule has 0 radical (unpaired) electrons. The first-order valence-electron chi connectivity index (χ1n) is 8.10. The molecule has 1 heterocycles. The fourth-order valence-corrected chi connectivity index (χ4v) is 2.27. The number of nitrogens with one attached hydrogen (secondary N) is 2. The van der Waals surface area contributed by atoms with Gasteiger partial charge in [0.25, 0.3) is 11.5 Å². The number of hydrogen-bond donors (Lipinski definition) is 2. The van der Waals surface area contributed by atoms with Gasteiger partial charge >= 0.3 is 5.97 Å². The van der Waals surface area contributed by atoms with Crippen LogP contribution < -0.4 is 15.6 Å². The number of rotatable bonds is 8. The summed E-state index contributed by atoms with van der Waals surface area (Å²) in [5, 5.41) is 2.63. The molecule has 0 atom stereocenters. The van der Waals surface area contributed by atoms with E-state index in [0.717, 1.165) is 17.4 Å². The Bertz CT molecular complexity index is 814. The molecular formula is C18H21N3O5. The largest absolute Gasteiger partial charge is 0.497 e. The van der Waals surface area contributed by atoms with Gasteiger partial charge in [0.05, 0.1) is 14.2 Å². The zero-order valence-electron chi connectivity index (χ0n) is 14.7. The van der Waals surface area contributed by atoms with Gasteiger partial charge in [-0.3, -0.25) is 14.4 Å². The second-order valence-corrected chi connectivity index (χ2v) is 5.54. The van der Waals surface area contributed by atoms with E-state index in [1.807, 2.05) is 24.3 Å². The molecule has 1 aromatic carbocycles. The Kier molecular flexibility index (Phi) is 6.90. The molecule has 8 heteroatoms. The van der Waals surface area contributed by atoms with Crippen molar-refractivity contribution in [3.63, 3.8) is 0 Å². The van der Waals surface area contributed by atoms with Crippen LogP contribution in [0.2, 0.25) is 0 Å². The third kappa shape index (κ3) is 5.73. The van der Waals surface area contributed by atoms with Crippen LogP contribution in [0.4, 0.5) is 0 Å². The first-order valence-corrected chi connectivity index (χ1v) is 8.10. The van der Waals surface area contributed by atoms with Crippen molar-refractivity contribution in [3.05, 3.63) is 57.8 Å². The van der Waals surface area contributed by atoms with E-state index in [0.29, 0.717) is 18.7 Å². The highest BCUT2D eigenvalue weighted by molar-refractivity contribution is 5.92. The predicted octanol–water partition coefficient (Wildman–Crippen LogP) is 1.05. The minimum absolute atomic E-state index is 0.0373. The van der Waals surface area contributed by atoms with Crippen molar-refractivity contribution >= 4 is 11.9 Å². The fraction of sp³-hybridized carbons (Fsp3) is 0.333. The minimum atomic E-state index is -0.461. The number of aromatic nitrogens is 2. The zero-order valence-corrected chi connectivity index (χ0v) is 14.7. The maximum absolute atomic E-state index is 12.1. The zero-order chi connectivity index (χ0) is 18.9. The summed E-state index contributed by atoms with van der Waals surface area (Å²) in [6, 6.07) is 8.49. The molecule has 0 saturated heterocycles. The smallest absolute Gasteiger partial charge is 0.305 e. The topological polar surface area (TPSA) is 110 Å². The van der Waals surface area contributed by atoms with Crippen LogP contribution in [-0.2, 0) is 16.0 Å². The maximum atomic E-state index is 12.1. The number of methoxy groups -OCH3 is 2. The molecule has 138 valence electrons. The quantitative estimate of drug-likeness (QED) is 0.538. The van der Waals surface area contributed by atoms with Crippen molar-refractivity contribution in [2.45, 2.75) is 19.3 Å². The van der Waals surface area contributed by atoms with E-state index in [1.54, 1.807) is 7.11 Å². The fourth-order valence-electron chi connectivity index (χ4n) is 2.27. The van der Waals surface area contributed by atoms with Gasteiger partial charge in [-0.2, -0.15) is 0 Å². The van der Waals surface area contributed by atoms with Crippen LogP contribution in [0.15, 0.2) is 35.1 Å². The molecule has 0 saturated carbocycles. The molecule has 1 amide bonds. The third-order valence-corrected chi connectivity index (χ3v) is 3.62. The second kappa shape index (κ2) is 9.36. The lowest BCUT2D eigenvalue weighted by atomic mass is 10.1. The summed E-state index contributed by atoms with van der Waals surface area (Å²) in [7, 11) is 2.90. The summed E-state index contributed by atoms with van der Waals surface area (Å²) in [5.74, 6) is 0.324. The highest BCUT2D eigenvalue weighted by Crippen LogP contribution is 2.13. The van der Waals surface area contributed by atoms with Gasteiger partial charge in [-0.25, -0.2) is 4.98 Å². The number of ether oxygens (including phenoxy) is 2. The SMILES string of the molecule is COC(=O)CCCNC(=O)c1cc(=O)[nH]c(Cc2ccc(OC)cc2)n1.